The van der Waals surface area contributed by atoms with Crippen molar-refractivity contribution in [3.63, 3.8) is 0 Å². The van der Waals surface area contributed by atoms with E-state index in [0.717, 1.165) is 10.1 Å². The number of hydrogen-bond acceptors (Lipinski definition) is 7. The molecule has 2 aromatic heterocycles. The molecule has 176 valence electrons. The molecule has 9 nitrogen and oxygen atoms in total. The Labute approximate surface area is 198 Å². The third-order valence-electron chi connectivity index (χ3n) is 5.30. The third-order valence-corrected chi connectivity index (χ3v) is 6.19. The number of aromatic nitrogens is 2. The van der Waals surface area contributed by atoms with Crippen LogP contribution in [0.15, 0.2) is 63.5 Å². The molecule has 0 unspecified atom stereocenters. The Morgan fingerprint density at radius 3 is 2.44 bits per heavy atom. The van der Waals surface area contributed by atoms with Crippen LogP contribution >= 0.6 is 11.3 Å². The molecule has 0 fully saturated rings. The van der Waals surface area contributed by atoms with Gasteiger partial charge in [0, 0.05) is 6.07 Å². The minimum Gasteiger partial charge on any atom is -0.497 e. The summed E-state index contributed by atoms with van der Waals surface area (Å²) in [6.45, 7) is -0.226. The summed E-state index contributed by atoms with van der Waals surface area (Å²) < 4.78 is 18.6. The van der Waals surface area contributed by atoms with E-state index in [9.17, 15) is 14.4 Å². The van der Waals surface area contributed by atoms with Crippen LogP contribution in [0.5, 0.6) is 17.2 Å². The number of carbonyl (C=O) groups is 1. The highest BCUT2D eigenvalue weighted by atomic mass is 32.1. The summed E-state index contributed by atoms with van der Waals surface area (Å²) in [7, 11) is 4.57. The maximum Gasteiger partial charge on any atom is 0.332 e. The first-order chi connectivity index (χ1) is 16.4. The van der Waals surface area contributed by atoms with Crippen LogP contribution in [-0.2, 0) is 17.9 Å². The molecule has 0 atom stereocenters. The average molecular weight is 482 g/mol. The second kappa shape index (κ2) is 9.84. The van der Waals surface area contributed by atoms with E-state index < -0.39 is 17.2 Å². The lowest BCUT2D eigenvalue weighted by Crippen LogP contribution is -2.41. The molecule has 4 rings (SSSR count). The maximum absolute atomic E-state index is 13.3. The van der Waals surface area contributed by atoms with E-state index in [0.29, 0.717) is 33.2 Å². The molecule has 0 radical (unpaired) electrons. The van der Waals surface area contributed by atoms with Crippen molar-refractivity contribution < 1.29 is 19.0 Å². The van der Waals surface area contributed by atoms with Gasteiger partial charge in [0.15, 0.2) is 0 Å². The molecule has 0 aliphatic rings. The summed E-state index contributed by atoms with van der Waals surface area (Å²) in [4.78, 5) is 39.3. The third kappa shape index (κ3) is 4.53. The zero-order valence-electron chi connectivity index (χ0n) is 18.9. The number of benzene rings is 2. The minimum atomic E-state index is -0.574. The molecule has 0 aliphatic carbocycles. The van der Waals surface area contributed by atoms with Gasteiger partial charge >= 0.3 is 5.69 Å². The number of nitrogens with one attached hydrogen (secondary N) is 1. The van der Waals surface area contributed by atoms with Crippen molar-refractivity contribution in [2.24, 2.45) is 0 Å². The topological polar surface area (TPSA) is 101 Å². The van der Waals surface area contributed by atoms with Gasteiger partial charge in [-0.2, -0.15) is 0 Å². The first-order valence-electron chi connectivity index (χ1n) is 10.3. The van der Waals surface area contributed by atoms with Crippen molar-refractivity contribution in [3.8, 4) is 17.2 Å². The fourth-order valence-corrected chi connectivity index (χ4v) is 4.46. The zero-order chi connectivity index (χ0) is 24.2. The smallest absolute Gasteiger partial charge is 0.332 e. The summed E-state index contributed by atoms with van der Waals surface area (Å²) in [5.74, 6) is 1.18. The Balaban J connectivity index is 1.69. The van der Waals surface area contributed by atoms with E-state index in [1.54, 1.807) is 61.0 Å². The Hall–Kier alpha value is -4.05. The Morgan fingerprint density at radius 2 is 1.71 bits per heavy atom. The quantitative estimate of drug-likeness (QED) is 0.415. The van der Waals surface area contributed by atoms with Gasteiger partial charge in [0.25, 0.3) is 5.56 Å². The molecule has 0 spiro atoms. The number of amides is 1. The Bertz CT molecular complexity index is 1470. The van der Waals surface area contributed by atoms with Crippen molar-refractivity contribution >= 4 is 33.1 Å². The van der Waals surface area contributed by atoms with E-state index in [4.69, 9.17) is 14.2 Å². The van der Waals surface area contributed by atoms with Crippen LogP contribution in [-0.4, -0.2) is 36.4 Å². The van der Waals surface area contributed by atoms with Crippen molar-refractivity contribution in [3.05, 3.63) is 80.3 Å². The van der Waals surface area contributed by atoms with E-state index in [1.165, 1.54) is 30.1 Å². The largest absolute Gasteiger partial charge is 0.497 e. The van der Waals surface area contributed by atoms with E-state index in [2.05, 4.69) is 5.32 Å². The molecule has 0 aliphatic heterocycles. The molecule has 4 aromatic rings. The number of methoxy groups -OCH3 is 3. The molecule has 2 aromatic carbocycles. The highest BCUT2D eigenvalue weighted by Crippen LogP contribution is 2.29. The van der Waals surface area contributed by atoms with Crippen molar-refractivity contribution in [2.75, 3.05) is 26.6 Å². The highest BCUT2D eigenvalue weighted by Gasteiger charge is 2.18. The standard InChI is InChI=1S/C24H23N3O6S/c1-31-16-6-4-5-15(11-16)13-27-23(29)22-19(9-10-34-22)26(24(27)30)14-21(28)25-18-8-7-17(32-2)12-20(18)33-3/h4-12H,13-14H2,1-3H3,(H,25,28). The second-order valence-electron chi connectivity index (χ2n) is 7.36. The number of nitrogens with zero attached hydrogens (tertiary/aromatic N) is 2. The normalized spacial score (nSPS) is 10.8. The number of anilines is 1. The summed E-state index contributed by atoms with van der Waals surface area (Å²) in [5.41, 5.74) is 0.613. The van der Waals surface area contributed by atoms with Crippen LogP contribution in [0.3, 0.4) is 0 Å². The first kappa shape index (κ1) is 23.1. The van der Waals surface area contributed by atoms with Gasteiger partial charge in [-0.3, -0.25) is 18.7 Å². The van der Waals surface area contributed by atoms with Crippen LogP contribution in [0, 0.1) is 0 Å². The van der Waals surface area contributed by atoms with Gasteiger partial charge in [-0.25, -0.2) is 4.79 Å². The molecule has 0 bridgehead atoms. The minimum absolute atomic E-state index is 0.0522. The molecular weight excluding hydrogens is 458 g/mol. The fraction of sp³-hybridized carbons (Fsp3) is 0.208. The van der Waals surface area contributed by atoms with Crippen LogP contribution in [0.1, 0.15) is 5.56 Å². The zero-order valence-corrected chi connectivity index (χ0v) is 19.7. The maximum atomic E-state index is 13.3. The summed E-state index contributed by atoms with van der Waals surface area (Å²) in [5, 5.41) is 4.49. The highest BCUT2D eigenvalue weighted by molar-refractivity contribution is 7.17. The molecule has 10 heteroatoms. The van der Waals surface area contributed by atoms with Gasteiger partial charge in [-0.15, -0.1) is 11.3 Å². The summed E-state index contributed by atoms with van der Waals surface area (Å²) in [6, 6.07) is 13.8. The lowest BCUT2D eigenvalue weighted by atomic mass is 10.2. The number of rotatable bonds is 8. The predicted molar refractivity (Wildman–Crippen MR) is 131 cm³/mol. The molecule has 0 saturated heterocycles. The molecule has 2 heterocycles. The molecule has 34 heavy (non-hydrogen) atoms. The lowest BCUT2D eigenvalue weighted by Gasteiger charge is -2.14. The van der Waals surface area contributed by atoms with Crippen molar-refractivity contribution in [2.45, 2.75) is 13.1 Å². The van der Waals surface area contributed by atoms with Crippen LogP contribution in [0.25, 0.3) is 10.2 Å². The van der Waals surface area contributed by atoms with Gasteiger partial charge in [0.2, 0.25) is 5.91 Å². The van der Waals surface area contributed by atoms with Gasteiger partial charge in [-0.1, -0.05) is 12.1 Å². The van der Waals surface area contributed by atoms with E-state index >= 15 is 0 Å². The Kier molecular flexibility index (Phi) is 6.69. The van der Waals surface area contributed by atoms with Crippen LogP contribution < -0.4 is 30.8 Å². The average Bonchev–Trinajstić information content (AvgIpc) is 3.35. The van der Waals surface area contributed by atoms with Crippen molar-refractivity contribution in [1.82, 2.24) is 9.13 Å². The lowest BCUT2D eigenvalue weighted by molar-refractivity contribution is -0.116. The molecule has 1 amide bonds. The fourth-order valence-electron chi connectivity index (χ4n) is 3.61. The van der Waals surface area contributed by atoms with Crippen LogP contribution in [0.4, 0.5) is 5.69 Å². The number of hydrogen-bond donors (Lipinski definition) is 1. The van der Waals surface area contributed by atoms with Gasteiger partial charge in [-0.05, 0) is 41.3 Å². The number of fused-ring (bicyclic) bond motifs is 1. The summed E-state index contributed by atoms with van der Waals surface area (Å²) in [6.07, 6.45) is 0. The number of ether oxygens (including phenoxy) is 3. The van der Waals surface area contributed by atoms with Gasteiger partial charge in [0.05, 0.1) is 39.1 Å². The second-order valence-corrected chi connectivity index (χ2v) is 8.28. The SMILES string of the molecule is COc1cccc(Cn2c(=O)c3sccc3n(CC(=O)Nc3ccc(OC)cc3OC)c2=O)c1. The number of thiophene rings is 1. The number of carbonyl (C=O) groups excluding carboxylic acids is 1. The Morgan fingerprint density at radius 1 is 0.941 bits per heavy atom. The summed E-state index contributed by atoms with van der Waals surface area (Å²) >= 11 is 1.23. The predicted octanol–water partition coefficient (Wildman–Crippen LogP) is 2.94. The van der Waals surface area contributed by atoms with Crippen LogP contribution in [0.2, 0.25) is 0 Å². The van der Waals surface area contributed by atoms with Crippen molar-refractivity contribution in [1.29, 1.82) is 0 Å². The first-order valence-corrected chi connectivity index (χ1v) is 11.2. The van der Waals surface area contributed by atoms with E-state index in [1.807, 2.05) is 0 Å². The van der Waals surface area contributed by atoms with Gasteiger partial charge in [0.1, 0.15) is 28.5 Å². The molecule has 0 saturated carbocycles. The van der Waals surface area contributed by atoms with E-state index in [-0.39, 0.29) is 13.1 Å². The van der Waals surface area contributed by atoms with Gasteiger partial charge < -0.3 is 19.5 Å². The molecule has 1 N–H and O–H groups in total. The monoisotopic (exact) mass is 481 g/mol. The molecular formula is C24H23N3O6S.